The number of amides is 1. The molecule has 0 aliphatic carbocycles. The van der Waals surface area contributed by atoms with Gasteiger partial charge >= 0.3 is 6.09 Å². The van der Waals surface area contributed by atoms with E-state index in [1.165, 1.54) is 24.2 Å². The molecule has 27 heavy (non-hydrogen) atoms. The van der Waals surface area contributed by atoms with Crippen LogP contribution in [0.15, 0.2) is 35.7 Å². The van der Waals surface area contributed by atoms with E-state index < -0.39 is 6.09 Å². The average molecular weight is 382 g/mol. The first-order valence-corrected chi connectivity index (χ1v) is 10.3. The number of piperidine rings is 1. The number of benzene rings is 1. The Bertz CT molecular complexity index is 843. The fourth-order valence-electron chi connectivity index (χ4n) is 4.45. The molecule has 3 heterocycles. The van der Waals surface area contributed by atoms with Crippen LogP contribution in [-0.4, -0.2) is 29.8 Å². The second-order valence-electron chi connectivity index (χ2n) is 7.60. The van der Waals surface area contributed by atoms with Crippen LogP contribution in [0.3, 0.4) is 0 Å². The molecule has 2 unspecified atom stereocenters. The van der Waals surface area contributed by atoms with Gasteiger partial charge in [-0.05, 0) is 66.3 Å². The molecule has 2 aliphatic heterocycles. The number of nitriles is 1. The van der Waals surface area contributed by atoms with Crippen LogP contribution in [0.4, 0.5) is 9.80 Å². The number of fused-ring (bicyclic) bond motifs is 2. The predicted octanol–water partition coefficient (Wildman–Crippen LogP) is 4.23. The number of carboxylic acid groups (broad SMARTS) is 1. The summed E-state index contributed by atoms with van der Waals surface area (Å²) in [5, 5.41) is 25.2. The Morgan fingerprint density at radius 1 is 1.22 bits per heavy atom. The Morgan fingerprint density at radius 2 is 1.93 bits per heavy atom. The molecule has 0 saturated carbocycles. The maximum absolute atomic E-state index is 12.0. The minimum Gasteiger partial charge on any atom is -0.465 e. The normalized spacial score (nSPS) is 23.7. The molecule has 0 spiro atoms. The number of anilines is 1. The standard InChI is InChI=1S/C21H23N3O2S/c22-12-15-3-1-14(2-4-15)9-17-7-8-27-20(17)24(21(25)26)13-16-10-18-5-6-19(11-16)23-18/h1-4,7-8,16,18-19,23H,5-6,9-11,13H2,(H,25,26). The Hall–Kier alpha value is -2.36. The van der Waals surface area contributed by atoms with Crippen LogP contribution in [0, 0.1) is 17.2 Å². The van der Waals surface area contributed by atoms with E-state index in [4.69, 9.17) is 5.26 Å². The second-order valence-corrected chi connectivity index (χ2v) is 8.50. The molecule has 6 heteroatoms. The van der Waals surface area contributed by atoms with Gasteiger partial charge < -0.3 is 10.4 Å². The number of hydrogen-bond donors (Lipinski definition) is 2. The molecule has 2 saturated heterocycles. The zero-order valence-electron chi connectivity index (χ0n) is 15.1. The first-order valence-electron chi connectivity index (χ1n) is 9.44. The van der Waals surface area contributed by atoms with Crippen LogP contribution in [0.2, 0.25) is 0 Å². The highest BCUT2D eigenvalue weighted by atomic mass is 32.1. The molecule has 4 rings (SSSR count). The third kappa shape index (κ3) is 4.00. The molecule has 2 atom stereocenters. The van der Waals surface area contributed by atoms with Gasteiger partial charge in [0, 0.05) is 25.0 Å². The Balaban J connectivity index is 1.50. The van der Waals surface area contributed by atoms with Crippen molar-refractivity contribution >= 4 is 22.4 Å². The van der Waals surface area contributed by atoms with Crippen LogP contribution in [0.1, 0.15) is 42.4 Å². The Kier molecular flexibility index (Phi) is 5.15. The number of carbonyl (C=O) groups is 1. The molecule has 0 radical (unpaired) electrons. The van der Waals surface area contributed by atoms with Crippen LogP contribution >= 0.6 is 11.3 Å². The van der Waals surface area contributed by atoms with Crippen LogP contribution < -0.4 is 10.2 Å². The quantitative estimate of drug-likeness (QED) is 0.813. The van der Waals surface area contributed by atoms with Gasteiger partial charge in [0.1, 0.15) is 5.00 Å². The Morgan fingerprint density at radius 3 is 2.56 bits per heavy atom. The molecular weight excluding hydrogens is 358 g/mol. The third-order valence-electron chi connectivity index (χ3n) is 5.69. The van der Waals surface area contributed by atoms with Gasteiger partial charge in [0.25, 0.3) is 0 Å². The van der Waals surface area contributed by atoms with Gasteiger partial charge in [-0.15, -0.1) is 11.3 Å². The predicted molar refractivity (Wildman–Crippen MR) is 106 cm³/mol. The van der Waals surface area contributed by atoms with Crippen molar-refractivity contribution in [2.75, 3.05) is 11.4 Å². The average Bonchev–Trinajstić information content (AvgIpc) is 3.26. The first-order chi connectivity index (χ1) is 13.1. The highest BCUT2D eigenvalue weighted by Crippen LogP contribution is 2.35. The van der Waals surface area contributed by atoms with Gasteiger partial charge in [-0.25, -0.2) is 4.79 Å². The van der Waals surface area contributed by atoms with E-state index in [0.29, 0.717) is 36.5 Å². The van der Waals surface area contributed by atoms with Crippen molar-refractivity contribution in [3.8, 4) is 6.07 Å². The van der Waals surface area contributed by atoms with Gasteiger partial charge in [-0.3, -0.25) is 4.90 Å². The van der Waals surface area contributed by atoms with Crippen LogP contribution in [0.5, 0.6) is 0 Å². The fourth-order valence-corrected chi connectivity index (χ4v) is 5.38. The number of nitrogens with zero attached hydrogens (tertiary/aromatic N) is 2. The van der Waals surface area contributed by atoms with E-state index >= 15 is 0 Å². The smallest absolute Gasteiger partial charge is 0.412 e. The first kappa shape index (κ1) is 18.0. The molecule has 1 amide bonds. The van der Waals surface area contributed by atoms with Gasteiger partial charge in [0.15, 0.2) is 0 Å². The van der Waals surface area contributed by atoms with Crippen molar-refractivity contribution < 1.29 is 9.90 Å². The topological polar surface area (TPSA) is 76.4 Å². The molecule has 1 aromatic carbocycles. The van der Waals surface area contributed by atoms with E-state index in [-0.39, 0.29) is 0 Å². The van der Waals surface area contributed by atoms with Crippen molar-refractivity contribution in [2.45, 2.75) is 44.2 Å². The lowest BCUT2D eigenvalue weighted by Crippen LogP contribution is -2.43. The van der Waals surface area contributed by atoms with Crippen LogP contribution in [-0.2, 0) is 6.42 Å². The minimum absolute atomic E-state index is 0.421. The summed E-state index contributed by atoms with van der Waals surface area (Å²) >= 11 is 1.50. The molecule has 5 nitrogen and oxygen atoms in total. The Labute approximate surface area is 163 Å². The molecule has 1 aromatic heterocycles. The molecule has 2 aromatic rings. The number of hydrogen-bond acceptors (Lipinski definition) is 4. The summed E-state index contributed by atoms with van der Waals surface area (Å²) in [5.41, 5.74) is 2.75. The summed E-state index contributed by atoms with van der Waals surface area (Å²) in [6.07, 6.45) is 4.37. The lowest BCUT2D eigenvalue weighted by Gasteiger charge is -2.32. The van der Waals surface area contributed by atoms with Crippen molar-refractivity contribution in [1.82, 2.24) is 5.32 Å². The van der Waals surface area contributed by atoms with E-state index in [2.05, 4.69) is 11.4 Å². The van der Waals surface area contributed by atoms with Crippen molar-refractivity contribution in [3.05, 3.63) is 52.4 Å². The summed E-state index contributed by atoms with van der Waals surface area (Å²) in [7, 11) is 0. The fraction of sp³-hybridized carbons (Fsp3) is 0.429. The van der Waals surface area contributed by atoms with Crippen molar-refractivity contribution in [2.24, 2.45) is 5.92 Å². The van der Waals surface area contributed by atoms with Crippen molar-refractivity contribution in [1.29, 1.82) is 5.26 Å². The van der Waals surface area contributed by atoms with Gasteiger partial charge in [0.05, 0.1) is 11.6 Å². The number of rotatable bonds is 5. The lowest BCUT2D eigenvalue weighted by molar-refractivity contribution is 0.198. The van der Waals surface area contributed by atoms with Gasteiger partial charge in [-0.2, -0.15) is 5.26 Å². The minimum atomic E-state index is -0.871. The highest BCUT2D eigenvalue weighted by Gasteiger charge is 2.35. The van der Waals surface area contributed by atoms with E-state index in [9.17, 15) is 9.90 Å². The monoisotopic (exact) mass is 381 g/mol. The van der Waals surface area contributed by atoms with Crippen molar-refractivity contribution in [3.63, 3.8) is 0 Å². The summed E-state index contributed by atoms with van der Waals surface area (Å²) in [5.74, 6) is 0.421. The maximum Gasteiger partial charge on any atom is 0.412 e. The molecular formula is C21H23N3O2S. The molecule has 2 bridgehead atoms. The molecule has 140 valence electrons. The molecule has 2 aliphatic rings. The second kappa shape index (κ2) is 7.71. The van der Waals surface area contributed by atoms with Gasteiger partial charge in [0.2, 0.25) is 0 Å². The molecule has 2 fully saturated rings. The lowest BCUT2D eigenvalue weighted by atomic mass is 9.92. The summed E-state index contributed by atoms with van der Waals surface area (Å²) in [6.45, 7) is 0.574. The van der Waals surface area contributed by atoms with E-state index in [1.807, 2.05) is 23.6 Å². The van der Waals surface area contributed by atoms with Gasteiger partial charge in [-0.1, -0.05) is 12.1 Å². The maximum atomic E-state index is 12.0. The summed E-state index contributed by atoms with van der Waals surface area (Å²) in [6, 6.07) is 12.8. The zero-order chi connectivity index (χ0) is 18.8. The highest BCUT2D eigenvalue weighted by molar-refractivity contribution is 7.14. The summed E-state index contributed by atoms with van der Waals surface area (Å²) in [4.78, 5) is 13.6. The third-order valence-corrected chi connectivity index (χ3v) is 6.67. The largest absolute Gasteiger partial charge is 0.465 e. The number of nitrogens with one attached hydrogen (secondary N) is 1. The van der Waals surface area contributed by atoms with Crippen LogP contribution in [0.25, 0.3) is 0 Å². The molecule has 2 N–H and O–H groups in total. The van der Waals surface area contributed by atoms with E-state index in [1.54, 1.807) is 17.0 Å². The summed E-state index contributed by atoms with van der Waals surface area (Å²) < 4.78 is 0. The number of thiophene rings is 1. The zero-order valence-corrected chi connectivity index (χ0v) is 15.9. The van der Waals surface area contributed by atoms with E-state index in [0.717, 1.165) is 29.0 Å². The SMILES string of the molecule is N#Cc1ccc(Cc2ccsc2N(CC2CC3CCC(C2)N3)C(=O)O)cc1.